The lowest BCUT2D eigenvalue weighted by atomic mass is 10.0. The molecule has 1 aromatic heterocycles. The molecule has 0 bridgehead atoms. The summed E-state index contributed by atoms with van der Waals surface area (Å²) in [4.78, 5) is 25.9. The molecule has 1 heterocycles. The fourth-order valence-electron chi connectivity index (χ4n) is 1.19. The predicted octanol–water partition coefficient (Wildman–Crippen LogP) is 0.983. The molecule has 0 unspecified atom stereocenters. The van der Waals surface area contributed by atoms with Crippen molar-refractivity contribution in [1.82, 2.24) is 4.98 Å². The highest BCUT2D eigenvalue weighted by atomic mass is 32.1. The number of carbonyl (C=O) groups excluding carboxylic acids is 2. The van der Waals surface area contributed by atoms with Crippen LogP contribution in [0.5, 0.6) is 0 Å². The van der Waals surface area contributed by atoms with Crippen molar-refractivity contribution in [3.63, 3.8) is 0 Å². The maximum atomic E-state index is 11.4. The summed E-state index contributed by atoms with van der Waals surface area (Å²) in [5.74, 6) is -0.564. The molecule has 5 nitrogen and oxygen atoms in total. The van der Waals surface area contributed by atoms with Crippen molar-refractivity contribution in [3.8, 4) is 0 Å². The Morgan fingerprint density at radius 1 is 1.60 bits per heavy atom. The molecule has 0 fully saturated rings. The minimum Gasteiger partial charge on any atom is -0.370 e. The third-order valence-electron chi connectivity index (χ3n) is 1.76. The number of hydrogen-bond donors (Lipinski definition) is 2. The maximum absolute atomic E-state index is 11.4. The first-order valence-electron chi connectivity index (χ1n) is 4.55. The number of thiazole rings is 1. The van der Waals surface area contributed by atoms with Crippen molar-refractivity contribution >= 4 is 28.3 Å². The molecule has 0 saturated carbocycles. The molecule has 1 rings (SSSR count). The summed E-state index contributed by atoms with van der Waals surface area (Å²) in [5, 5.41) is 5.00. The zero-order chi connectivity index (χ0) is 11.3. The van der Waals surface area contributed by atoms with E-state index in [2.05, 4.69) is 10.3 Å². The van der Waals surface area contributed by atoms with Crippen LogP contribution < -0.4 is 11.1 Å². The van der Waals surface area contributed by atoms with Gasteiger partial charge in [-0.3, -0.25) is 9.59 Å². The van der Waals surface area contributed by atoms with Crippen LogP contribution in [0.2, 0.25) is 0 Å². The Hall–Kier alpha value is -1.43. The van der Waals surface area contributed by atoms with Crippen molar-refractivity contribution in [3.05, 3.63) is 11.6 Å². The summed E-state index contributed by atoms with van der Waals surface area (Å²) in [7, 11) is 0. The van der Waals surface area contributed by atoms with E-state index >= 15 is 0 Å². The zero-order valence-corrected chi connectivity index (χ0v) is 9.21. The first kappa shape index (κ1) is 11.6. The van der Waals surface area contributed by atoms with Gasteiger partial charge in [-0.2, -0.15) is 0 Å². The highest BCUT2D eigenvalue weighted by Gasteiger charge is 2.12. The molecule has 15 heavy (non-hydrogen) atoms. The normalized spacial score (nSPS) is 12.1. The van der Waals surface area contributed by atoms with Gasteiger partial charge >= 0.3 is 0 Å². The molecule has 82 valence electrons. The van der Waals surface area contributed by atoms with Gasteiger partial charge < -0.3 is 11.1 Å². The number of amides is 2. The number of nitrogens with one attached hydrogen (secondary N) is 1. The lowest BCUT2D eigenvalue weighted by Gasteiger charge is -2.07. The Balaban J connectivity index is 2.33. The molecule has 1 atom stereocenters. The van der Waals surface area contributed by atoms with Crippen molar-refractivity contribution < 1.29 is 9.59 Å². The Labute approximate surface area is 91.7 Å². The predicted molar refractivity (Wildman–Crippen MR) is 58.3 cm³/mol. The molecule has 0 radical (unpaired) electrons. The van der Waals surface area contributed by atoms with E-state index in [0.717, 1.165) is 0 Å². The van der Waals surface area contributed by atoms with Gasteiger partial charge in [-0.1, -0.05) is 6.92 Å². The minimum atomic E-state index is -0.385. The molecule has 0 aliphatic rings. The van der Waals surface area contributed by atoms with Crippen LogP contribution in [-0.4, -0.2) is 16.8 Å². The Kier molecular flexibility index (Phi) is 4.23. The minimum absolute atomic E-state index is 0.0394. The van der Waals surface area contributed by atoms with Crippen LogP contribution in [-0.2, 0) is 9.59 Å². The maximum Gasteiger partial charge on any atom is 0.226 e. The fourth-order valence-corrected chi connectivity index (χ4v) is 1.73. The van der Waals surface area contributed by atoms with Crippen molar-refractivity contribution in [2.45, 2.75) is 19.8 Å². The highest BCUT2D eigenvalue weighted by molar-refractivity contribution is 7.13. The summed E-state index contributed by atoms with van der Waals surface area (Å²) < 4.78 is 0. The highest BCUT2D eigenvalue weighted by Crippen LogP contribution is 2.13. The standard InChI is InChI=1S/C9H13N3O2S/c1-6(4-7(10)13)5-8(14)12-9-11-2-3-15-9/h2-3,6H,4-5H2,1H3,(H2,10,13)(H,11,12,14)/t6-/m1/s1. The third kappa shape index (κ3) is 4.55. The van der Waals surface area contributed by atoms with Gasteiger partial charge in [0.05, 0.1) is 0 Å². The van der Waals surface area contributed by atoms with Gasteiger partial charge in [0.25, 0.3) is 0 Å². The second-order valence-electron chi connectivity index (χ2n) is 3.37. The van der Waals surface area contributed by atoms with Crippen LogP contribution in [0.15, 0.2) is 11.6 Å². The molecular weight excluding hydrogens is 214 g/mol. The Morgan fingerprint density at radius 2 is 2.33 bits per heavy atom. The van der Waals surface area contributed by atoms with Crippen molar-refractivity contribution in [2.75, 3.05) is 5.32 Å². The van der Waals surface area contributed by atoms with E-state index in [4.69, 9.17) is 5.73 Å². The van der Waals surface area contributed by atoms with Gasteiger partial charge in [-0.25, -0.2) is 4.98 Å². The molecular formula is C9H13N3O2S. The first-order chi connectivity index (χ1) is 7.08. The number of aromatic nitrogens is 1. The topological polar surface area (TPSA) is 85.1 Å². The van der Waals surface area contributed by atoms with Crippen LogP contribution in [0.4, 0.5) is 5.13 Å². The molecule has 6 heteroatoms. The lowest BCUT2D eigenvalue weighted by molar-refractivity contribution is -0.119. The number of hydrogen-bond acceptors (Lipinski definition) is 4. The quantitative estimate of drug-likeness (QED) is 0.786. The van der Waals surface area contributed by atoms with Gasteiger partial charge in [0.1, 0.15) is 0 Å². The first-order valence-corrected chi connectivity index (χ1v) is 5.43. The monoisotopic (exact) mass is 227 g/mol. The molecule has 3 N–H and O–H groups in total. The van der Waals surface area contributed by atoms with Crippen LogP contribution in [0.3, 0.4) is 0 Å². The van der Waals surface area contributed by atoms with E-state index in [1.54, 1.807) is 11.6 Å². The van der Waals surface area contributed by atoms with Crippen molar-refractivity contribution in [1.29, 1.82) is 0 Å². The zero-order valence-electron chi connectivity index (χ0n) is 8.40. The van der Waals surface area contributed by atoms with Crippen LogP contribution >= 0.6 is 11.3 Å². The van der Waals surface area contributed by atoms with Gasteiger partial charge in [-0.05, 0) is 5.92 Å². The summed E-state index contributed by atoms with van der Waals surface area (Å²) in [6.07, 6.45) is 2.13. The second kappa shape index (κ2) is 5.45. The molecule has 0 saturated heterocycles. The summed E-state index contributed by atoms with van der Waals surface area (Å²) in [6.45, 7) is 1.81. The van der Waals surface area contributed by atoms with Crippen LogP contribution in [0.25, 0.3) is 0 Å². The molecule has 0 spiro atoms. The molecule has 0 aliphatic carbocycles. The second-order valence-corrected chi connectivity index (χ2v) is 4.26. The number of anilines is 1. The summed E-state index contributed by atoms with van der Waals surface area (Å²) >= 11 is 1.36. The average molecular weight is 227 g/mol. The number of primary amides is 1. The Bertz CT molecular complexity index is 337. The van der Waals surface area contributed by atoms with Gasteiger partial charge in [-0.15, -0.1) is 11.3 Å². The molecule has 1 aromatic rings. The average Bonchev–Trinajstić information content (AvgIpc) is 2.53. The Morgan fingerprint density at radius 3 is 2.87 bits per heavy atom. The SMILES string of the molecule is C[C@H](CC(N)=O)CC(=O)Nc1nccs1. The molecule has 0 aromatic carbocycles. The lowest BCUT2D eigenvalue weighted by Crippen LogP contribution is -2.20. The smallest absolute Gasteiger partial charge is 0.226 e. The number of nitrogens with zero attached hydrogens (tertiary/aromatic N) is 1. The van der Waals surface area contributed by atoms with E-state index in [9.17, 15) is 9.59 Å². The summed E-state index contributed by atoms with van der Waals surface area (Å²) in [6, 6.07) is 0. The fraction of sp³-hybridized carbons (Fsp3) is 0.444. The van der Waals surface area contributed by atoms with Gasteiger partial charge in [0, 0.05) is 24.4 Å². The number of nitrogens with two attached hydrogens (primary N) is 1. The third-order valence-corrected chi connectivity index (χ3v) is 2.45. The van der Waals surface area contributed by atoms with E-state index in [1.807, 2.05) is 6.92 Å². The van der Waals surface area contributed by atoms with Crippen LogP contribution in [0.1, 0.15) is 19.8 Å². The van der Waals surface area contributed by atoms with E-state index in [-0.39, 0.29) is 30.6 Å². The largest absolute Gasteiger partial charge is 0.370 e. The van der Waals surface area contributed by atoms with Gasteiger partial charge in [0.15, 0.2) is 5.13 Å². The molecule has 0 aliphatic heterocycles. The molecule has 2 amide bonds. The van der Waals surface area contributed by atoms with Crippen LogP contribution in [0, 0.1) is 5.92 Å². The van der Waals surface area contributed by atoms with Crippen molar-refractivity contribution in [2.24, 2.45) is 11.7 Å². The van der Waals surface area contributed by atoms with E-state index in [1.165, 1.54) is 11.3 Å². The summed E-state index contributed by atoms with van der Waals surface area (Å²) in [5.41, 5.74) is 5.02. The number of carbonyl (C=O) groups is 2. The van der Waals surface area contributed by atoms with E-state index in [0.29, 0.717) is 5.13 Å². The van der Waals surface area contributed by atoms with E-state index < -0.39 is 0 Å². The number of rotatable bonds is 5. The van der Waals surface area contributed by atoms with Gasteiger partial charge in [0.2, 0.25) is 11.8 Å².